The minimum absolute atomic E-state index is 0.0237. The molecule has 2 aliphatic heterocycles. The molecule has 0 radical (unpaired) electrons. The van der Waals surface area contributed by atoms with Crippen LogP contribution in [0.3, 0.4) is 0 Å². The first kappa shape index (κ1) is 18.5. The second-order valence-electron chi connectivity index (χ2n) is 6.27. The van der Waals surface area contributed by atoms with Crippen LogP contribution in [0.5, 0.6) is 11.5 Å². The number of amides is 1. The maximum atomic E-state index is 12.6. The predicted octanol–water partition coefficient (Wildman–Crippen LogP) is 1.68. The van der Waals surface area contributed by atoms with Crippen molar-refractivity contribution in [3.8, 4) is 11.5 Å². The van der Waals surface area contributed by atoms with Crippen LogP contribution in [-0.4, -0.2) is 69.2 Å². The van der Waals surface area contributed by atoms with Gasteiger partial charge in [0.2, 0.25) is 6.79 Å². The molecule has 1 aromatic rings. The molecule has 1 amide bonds. The van der Waals surface area contributed by atoms with Gasteiger partial charge >= 0.3 is 0 Å². The molecule has 1 fully saturated rings. The topological polar surface area (TPSA) is 78.8 Å². The fraction of sp³-hybridized carbons (Fsp3) is 0.556. The predicted molar refractivity (Wildman–Crippen MR) is 93.7 cm³/mol. The molecule has 0 aromatic heterocycles. The molecule has 2 aliphatic rings. The van der Waals surface area contributed by atoms with Gasteiger partial charge < -0.3 is 28.6 Å². The van der Waals surface area contributed by atoms with E-state index in [4.69, 9.17) is 23.7 Å². The van der Waals surface area contributed by atoms with E-state index in [1.807, 2.05) is 18.7 Å². The summed E-state index contributed by atoms with van der Waals surface area (Å²) in [7, 11) is 1.59. The first-order valence-electron chi connectivity index (χ1n) is 8.61. The van der Waals surface area contributed by atoms with Gasteiger partial charge in [-0.2, -0.15) is 4.99 Å². The summed E-state index contributed by atoms with van der Waals surface area (Å²) in [4.78, 5) is 18.8. The highest BCUT2D eigenvalue weighted by atomic mass is 16.7. The Hall–Kier alpha value is -2.32. The number of hydrogen-bond donors (Lipinski definition) is 0. The molecule has 2 atom stereocenters. The van der Waals surface area contributed by atoms with Gasteiger partial charge in [0.25, 0.3) is 11.9 Å². The average Bonchev–Trinajstić information content (AvgIpc) is 3.07. The molecule has 0 aliphatic carbocycles. The van der Waals surface area contributed by atoms with Gasteiger partial charge in [-0.05, 0) is 32.0 Å². The lowest BCUT2D eigenvalue weighted by atomic mass is 10.2. The molecule has 1 aromatic carbocycles. The molecule has 0 N–H and O–H groups in total. The number of benzene rings is 1. The van der Waals surface area contributed by atoms with Crippen LogP contribution in [-0.2, 0) is 14.2 Å². The van der Waals surface area contributed by atoms with E-state index in [1.54, 1.807) is 25.3 Å². The maximum absolute atomic E-state index is 12.6. The molecule has 8 heteroatoms. The first-order chi connectivity index (χ1) is 12.6. The summed E-state index contributed by atoms with van der Waals surface area (Å²) in [6.07, 6.45) is 0.0474. The van der Waals surface area contributed by atoms with E-state index in [1.165, 1.54) is 0 Å². The number of aliphatic imine (C=N–C) groups is 1. The minimum Gasteiger partial charge on any atom is -0.462 e. The second kappa shape index (κ2) is 8.37. The lowest BCUT2D eigenvalue weighted by Crippen LogP contribution is -2.49. The molecule has 2 heterocycles. The van der Waals surface area contributed by atoms with Crippen LogP contribution in [0.25, 0.3) is 0 Å². The summed E-state index contributed by atoms with van der Waals surface area (Å²) in [5, 5.41) is 0. The largest absolute Gasteiger partial charge is 0.462 e. The summed E-state index contributed by atoms with van der Waals surface area (Å²) in [6, 6.07) is 5.28. The van der Waals surface area contributed by atoms with Crippen molar-refractivity contribution in [1.29, 1.82) is 0 Å². The zero-order chi connectivity index (χ0) is 18.5. The monoisotopic (exact) mass is 364 g/mol. The zero-order valence-electron chi connectivity index (χ0n) is 15.3. The fourth-order valence-electron chi connectivity index (χ4n) is 2.93. The molecular formula is C18H24N2O6. The quantitative estimate of drug-likeness (QED) is 0.457. The van der Waals surface area contributed by atoms with Gasteiger partial charge in [0.05, 0.1) is 18.8 Å². The van der Waals surface area contributed by atoms with Crippen LogP contribution < -0.4 is 9.47 Å². The number of nitrogens with zero attached hydrogens (tertiary/aromatic N) is 2. The summed E-state index contributed by atoms with van der Waals surface area (Å²) >= 11 is 0. The highest BCUT2D eigenvalue weighted by Crippen LogP contribution is 2.32. The van der Waals surface area contributed by atoms with Crippen molar-refractivity contribution >= 4 is 11.9 Å². The van der Waals surface area contributed by atoms with Crippen molar-refractivity contribution in [3.05, 3.63) is 23.8 Å². The normalized spacial score (nSPS) is 22.4. The summed E-state index contributed by atoms with van der Waals surface area (Å²) < 4.78 is 27.1. The Morgan fingerprint density at radius 3 is 2.65 bits per heavy atom. The minimum atomic E-state index is -0.400. The van der Waals surface area contributed by atoms with E-state index in [-0.39, 0.29) is 25.0 Å². The Kier molecular flexibility index (Phi) is 5.95. The fourth-order valence-corrected chi connectivity index (χ4v) is 2.93. The molecular weight excluding hydrogens is 340 g/mol. The third kappa shape index (κ3) is 4.44. The molecule has 8 nitrogen and oxygen atoms in total. The van der Waals surface area contributed by atoms with Crippen LogP contribution in [0.1, 0.15) is 24.2 Å². The SMILES string of the molecule is COCCOC(=NC(=O)c1ccc2c(c1)OCO2)N1CC(C)OC(C)C1. The van der Waals surface area contributed by atoms with Crippen molar-refractivity contribution in [3.63, 3.8) is 0 Å². The van der Waals surface area contributed by atoms with Crippen LogP contribution in [0.15, 0.2) is 23.2 Å². The Bertz CT molecular complexity index is 668. The molecule has 142 valence electrons. The van der Waals surface area contributed by atoms with Crippen molar-refractivity contribution in [1.82, 2.24) is 4.90 Å². The number of hydrogen-bond acceptors (Lipinski definition) is 6. The zero-order valence-corrected chi connectivity index (χ0v) is 15.3. The lowest BCUT2D eigenvalue weighted by molar-refractivity contribution is -0.0547. The molecule has 1 saturated heterocycles. The van der Waals surface area contributed by atoms with E-state index < -0.39 is 5.91 Å². The van der Waals surface area contributed by atoms with Crippen molar-refractivity contribution < 1.29 is 28.5 Å². The van der Waals surface area contributed by atoms with Crippen LogP contribution in [0, 0.1) is 0 Å². The molecule has 2 unspecified atom stereocenters. The molecule has 0 bridgehead atoms. The van der Waals surface area contributed by atoms with Gasteiger partial charge in [-0.25, -0.2) is 0 Å². The highest BCUT2D eigenvalue weighted by Gasteiger charge is 2.27. The van der Waals surface area contributed by atoms with Crippen molar-refractivity contribution in [2.75, 3.05) is 40.2 Å². The standard InChI is InChI=1S/C18H24N2O6/c1-12-9-20(10-13(2)26-12)18(23-7-6-22-3)19-17(21)14-4-5-15-16(8-14)25-11-24-15/h4-5,8,12-13H,6-7,9-11H2,1-3H3. The van der Waals surface area contributed by atoms with Crippen molar-refractivity contribution in [2.24, 2.45) is 4.99 Å². The van der Waals surface area contributed by atoms with Crippen LogP contribution in [0.4, 0.5) is 0 Å². The summed E-state index contributed by atoms with van der Waals surface area (Å²) in [5.74, 6) is 0.766. The Balaban J connectivity index is 1.79. The number of methoxy groups -OCH3 is 1. The maximum Gasteiger partial charge on any atom is 0.295 e. The number of fused-ring (bicyclic) bond motifs is 1. The lowest BCUT2D eigenvalue weighted by Gasteiger charge is -2.36. The number of ether oxygens (including phenoxy) is 5. The number of rotatable bonds is 4. The van der Waals surface area contributed by atoms with E-state index in [9.17, 15) is 4.79 Å². The van der Waals surface area contributed by atoms with Gasteiger partial charge in [-0.3, -0.25) is 4.79 Å². The summed E-state index contributed by atoms with van der Waals surface area (Å²) in [6.45, 7) is 6.04. The van der Waals surface area contributed by atoms with Crippen LogP contribution in [0.2, 0.25) is 0 Å². The van der Waals surface area contributed by atoms with Gasteiger partial charge in [0.15, 0.2) is 11.5 Å². The average molecular weight is 364 g/mol. The van der Waals surface area contributed by atoms with Crippen molar-refractivity contribution in [2.45, 2.75) is 26.1 Å². The van der Waals surface area contributed by atoms with Gasteiger partial charge in [-0.1, -0.05) is 0 Å². The first-order valence-corrected chi connectivity index (χ1v) is 8.61. The second-order valence-corrected chi connectivity index (χ2v) is 6.27. The Labute approximate surface area is 152 Å². The van der Waals surface area contributed by atoms with Crippen LogP contribution >= 0.6 is 0 Å². The van der Waals surface area contributed by atoms with E-state index in [2.05, 4.69) is 4.99 Å². The Morgan fingerprint density at radius 1 is 1.19 bits per heavy atom. The number of carbonyl (C=O) groups is 1. The highest BCUT2D eigenvalue weighted by molar-refractivity contribution is 6.01. The Morgan fingerprint density at radius 2 is 1.92 bits per heavy atom. The number of carbonyl (C=O) groups excluding carboxylic acids is 1. The third-order valence-corrected chi connectivity index (χ3v) is 4.03. The molecule has 26 heavy (non-hydrogen) atoms. The third-order valence-electron chi connectivity index (χ3n) is 4.03. The van der Waals surface area contributed by atoms with Gasteiger partial charge in [0, 0.05) is 25.8 Å². The smallest absolute Gasteiger partial charge is 0.295 e. The molecule has 0 saturated carbocycles. The number of amidine groups is 1. The number of morpholine rings is 1. The molecule has 3 rings (SSSR count). The van der Waals surface area contributed by atoms with Gasteiger partial charge in [0.1, 0.15) is 6.61 Å². The van der Waals surface area contributed by atoms with E-state index in [0.29, 0.717) is 43.4 Å². The van der Waals surface area contributed by atoms with E-state index >= 15 is 0 Å². The molecule has 0 spiro atoms. The summed E-state index contributed by atoms with van der Waals surface area (Å²) in [5.41, 5.74) is 0.413. The van der Waals surface area contributed by atoms with Gasteiger partial charge in [-0.15, -0.1) is 0 Å². The van der Waals surface area contributed by atoms with E-state index in [0.717, 1.165) is 0 Å².